The van der Waals surface area contributed by atoms with E-state index >= 15 is 0 Å². The average Bonchev–Trinajstić information content (AvgIpc) is 2.79. The molecule has 4 heteroatoms. The predicted octanol–water partition coefficient (Wildman–Crippen LogP) is 8.33. The average molecular weight is 444 g/mol. The van der Waals surface area contributed by atoms with Crippen molar-refractivity contribution in [2.24, 2.45) is 9.98 Å². The van der Waals surface area contributed by atoms with Crippen molar-refractivity contribution in [1.82, 2.24) is 4.98 Å². The Hall–Kier alpha value is -2.72. The summed E-state index contributed by atoms with van der Waals surface area (Å²) < 4.78 is 0. The van der Waals surface area contributed by atoms with E-state index < -0.39 is 0 Å². The zero-order valence-corrected chi connectivity index (χ0v) is 21.0. The molecule has 0 amide bonds. The number of thioether (sulfide) groups is 1. The van der Waals surface area contributed by atoms with Gasteiger partial charge in [-0.15, -0.1) is 11.8 Å². The summed E-state index contributed by atoms with van der Waals surface area (Å²) >= 11 is 1.70. The van der Waals surface area contributed by atoms with Crippen molar-refractivity contribution in [3.8, 4) is 0 Å². The Morgan fingerprint density at radius 3 is 1.81 bits per heavy atom. The second-order valence-electron chi connectivity index (χ2n) is 8.57. The first kappa shape index (κ1) is 23.9. The molecule has 1 aromatic heterocycles. The Labute approximate surface area is 197 Å². The number of rotatable bonds is 7. The molecular weight excluding hydrogens is 410 g/mol. The topological polar surface area (TPSA) is 37.6 Å². The smallest absolute Gasteiger partial charge is 0.0849 e. The maximum atomic E-state index is 5.09. The molecule has 0 saturated heterocycles. The van der Waals surface area contributed by atoms with Crippen LogP contribution in [-0.4, -0.2) is 22.7 Å². The lowest BCUT2D eigenvalue weighted by Crippen LogP contribution is -2.06. The maximum absolute atomic E-state index is 5.09. The van der Waals surface area contributed by atoms with Crippen LogP contribution in [0.4, 0.5) is 11.4 Å². The number of aromatic nitrogens is 1. The number of hydrogen-bond donors (Lipinski definition) is 0. The summed E-state index contributed by atoms with van der Waals surface area (Å²) in [6.45, 7) is 12.9. The first-order chi connectivity index (χ1) is 15.3. The monoisotopic (exact) mass is 443 g/mol. The molecule has 0 spiro atoms. The molecule has 0 N–H and O–H groups in total. The van der Waals surface area contributed by atoms with E-state index in [2.05, 4.69) is 58.2 Å². The summed E-state index contributed by atoms with van der Waals surface area (Å²) in [5.41, 5.74) is 8.17. The summed E-state index contributed by atoms with van der Waals surface area (Å²) in [6, 6.07) is 20.8. The van der Waals surface area contributed by atoms with Crippen molar-refractivity contribution >= 4 is 34.6 Å². The van der Waals surface area contributed by atoms with Gasteiger partial charge < -0.3 is 0 Å². The van der Waals surface area contributed by atoms with E-state index in [4.69, 9.17) is 15.0 Å². The van der Waals surface area contributed by atoms with Crippen molar-refractivity contribution in [1.29, 1.82) is 0 Å². The second-order valence-corrected chi connectivity index (χ2v) is 9.42. The lowest BCUT2D eigenvalue weighted by molar-refractivity contribution is 0.834. The van der Waals surface area contributed by atoms with Crippen LogP contribution in [0.15, 0.2) is 75.5 Å². The number of pyridine rings is 1. The van der Waals surface area contributed by atoms with Crippen LogP contribution in [-0.2, 0) is 0 Å². The zero-order chi connectivity index (χ0) is 23.3. The minimum atomic E-state index is 0.408. The van der Waals surface area contributed by atoms with Crippen molar-refractivity contribution in [2.45, 2.75) is 58.3 Å². The molecule has 0 fully saturated rings. The first-order valence-corrected chi connectivity index (χ1v) is 12.4. The van der Waals surface area contributed by atoms with Crippen molar-refractivity contribution in [3.63, 3.8) is 0 Å². The maximum Gasteiger partial charge on any atom is 0.0849 e. The normalized spacial score (nSPS) is 12.7. The van der Waals surface area contributed by atoms with Gasteiger partial charge in [0.05, 0.1) is 34.2 Å². The fourth-order valence-electron chi connectivity index (χ4n) is 3.66. The number of para-hydroxylation sites is 2. The van der Waals surface area contributed by atoms with Gasteiger partial charge in [0.15, 0.2) is 0 Å². The summed E-state index contributed by atoms with van der Waals surface area (Å²) in [7, 11) is 0. The van der Waals surface area contributed by atoms with Gasteiger partial charge in [0.2, 0.25) is 0 Å². The lowest BCUT2D eigenvalue weighted by atomic mass is 9.93. The predicted molar refractivity (Wildman–Crippen MR) is 141 cm³/mol. The summed E-state index contributed by atoms with van der Waals surface area (Å²) in [4.78, 5) is 16.0. The largest absolute Gasteiger partial charge is 0.251 e. The molecule has 3 aromatic rings. The van der Waals surface area contributed by atoms with Gasteiger partial charge >= 0.3 is 0 Å². The number of hydrogen-bond acceptors (Lipinski definition) is 4. The fraction of sp³-hybridized carbons (Fsp3) is 0.321. The highest BCUT2D eigenvalue weighted by Crippen LogP contribution is 2.35. The third kappa shape index (κ3) is 5.55. The minimum Gasteiger partial charge on any atom is -0.251 e. The highest BCUT2D eigenvalue weighted by molar-refractivity contribution is 7.98. The van der Waals surface area contributed by atoms with Crippen LogP contribution < -0.4 is 0 Å². The van der Waals surface area contributed by atoms with E-state index in [0.29, 0.717) is 11.8 Å². The molecule has 32 heavy (non-hydrogen) atoms. The second kappa shape index (κ2) is 10.7. The molecule has 0 aliphatic carbocycles. The highest BCUT2D eigenvalue weighted by Gasteiger charge is 2.14. The SMILES string of the molecule is CSc1ccccc1N=C(C)c1cccc(C(C)=Nc2c(C(C)C)cccc2C(C)C)n1. The van der Waals surface area contributed by atoms with Crippen LogP contribution in [0.1, 0.15) is 75.9 Å². The minimum absolute atomic E-state index is 0.408. The van der Waals surface area contributed by atoms with E-state index in [1.807, 2.05) is 50.2 Å². The van der Waals surface area contributed by atoms with Gasteiger partial charge in [0, 0.05) is 4.90 Å². The van der Waals surface area contributed by atoms with Crippen LogP contribution in [0.25, 0.3) is 0 Å². The molecule has 3 rings (SSSR count). The molecule has 0 unspecified atom stereocenters. The van der Waals surface area contributed by atoms with E-state index in [-0.39, 0.29) is 0 Å². The van der Waals surface area contributed by atoms with Gasteiger partial charge in [-0.05, 0) is 67.3 Å². The quantitative estimate of drug-likeness (QED) is 0.272. The standard InChI is InChI=1S/C28H33N3S/c1-18(2)22-12-10-13-23(19(3)4)28(22)30-21(6)25-16-11-15-24(31-25)20(5)29-26-14-8-9-17-27(26)32-7/h8-19H,1-7H3. The van der Waals surface area contributed by atoms with Gasteiger partial charge in [-0.3, -0.25) is 9.98 Å². The van der Waals surface area contributed by atoms with Gasteiger partial charge in [0.25, 0.3) is 0 Å². The molecule has 0 bridgehead atoms. The van der Waals surface area contributed by atoms with Crippen LogP contribution in [0.5, 0.6) is 0 Å². The van der Waals surface area contributed by atoms with Crippen molar-refractivity contribution < 1.29 is 0 Å². The van der Waals surface area contributed by atoms with E-state index in [1.54, 1.807) is 11.8 Å². The van der Waals surface area contributed by atoms with Crippen molar-refractivity contribution in [2.75, 3.05) is 6.26 Å². The van der Waals surface area contributed by atoms with Gasteiger partial charge in [0.1, 0.15) is 0 Å². The van der Waals surface area contributed by atoms with E-state index in [0.717, 1.165) is 39.1 Å². The van der Waals surface area contributed by atoms with Crippen molar-refractivity contribution in [3.05, 3.63) is 83.2 Å². The van der Waals surface area contributed by atoms with Crippen LogP contribution >= 0.6 is 11.8 Å². The van der Waals surface area contributed by atoms with Crippen LogP contribution in [0.3, 0.4) is 0 Å². The molecule has 0 aliphatic heterocycles. The molecule has 0 saturated carbocycles. The first-order valence-electron chi connectivity index (χ1n) is 11.2. The zero-order valence-electron chi connectivity index (χ0n) is 20.2. The summed E-state index contributed by atoms with van der Waals surface area (Å²) in [5.74, 6) is 0.816. The molecule has 2 aromatic carbocycles. The van der Waals surface area contributed by atoms with Gasteiger partial charge in [-0.1, -0.05) is 64.1 Å². The van der Waals surface area contributed by atoms with E-state index in [9.17, 15) is 0 Å². The Morgan fingerprint density at radius 1 is 0.719 bits per heavy atom. The Bertz CT molecular complexity index is 1120. The molecule has 3 nitrogen and oxygen atoms in total. The molecule has 0 atom stereocenters. The fourth-order valence-corrected chi connectivity index (χ4v) is 4.20. The summed E-state index contributed by atoms with van der Waals surface area (Å²) in [5, 5.41) is 0. The third-order valence-corrected chi connectivity index (χ3v) is 6.27. The van der Waals surface area contributed by atoms with Gasteiger partial charge in [-0.25, -0.2) is 4.98 Å². The lowest BCUT2D eigenvalue weighted by Gasteiger charge is -2.17. The molecule has 1 heterocycles. The number of benzene rings is 2. The number of aliphatic imine (C=N–C) groups is 2. The third-order valence-electron chi connectivity index (χ3n) is 5.49. The Kier molecular flexibility index (Phi) is 8.03. The van der Waals surface area contributed by atoms with E-state index in [1.165, 1.54) is 11.1 Å². The van der Waals surface area contributed by atoms with Crippen LogP contribution in [0.2, 0.25) is 0 Å². The highest BCUT2D eigenvalue weighted by atomic mass is 32.2. The molecule has 166 valence electrons. The number of nitrogens with zero attached hydrogens (tertiary/aromatic N) is 3. The molecule has 0 aliphatic rings. The summed E-state index contributed by atoms with van der Waals surface area (Å²) in [6.07, 6.45) is 2.07. The molecule has 0 radical (unpaired) electrons. The van der Waals surface area contributed by atoms with Gasteiger partial charge in [-0.2, -0.15) is 0 Å². The van der Waals surface area contributed by atoms with Crippen LogP contribution in [0, 0.1) is 0 Å². The Balaban J connectivity index is 2.02. The Morgan fingerprint density at radius 2 is 1.25 bits per heavy atom. The molecular formula is C28H33N3S.